The van der Waals surface area contributed by atoms with Gasteiger partial charge in [-0.25, -0.2) is 4.39 Å². The third kappa shape index (κ3) is 5.80. The molecule has 0 aromatic carbocycles. The van der Waals surface area contributed by atoms with Gasteiger partial charge in [-0.1, -0.05) is 13.0 Å². The Balaban J connectivity index is 1.82. The normalized spacial score (nSPS) is 18.2. The van der Waals surface area contributed by atoms with Crippen molar-refractivity contribution in [2.24, 2.45) is 0 Å². The van der Waals surface area contributed by atoms with Gasteiger partial charge >= 0.3 is 0 Å². The van der Waals surface area contributed by atoms with Crippen LogP contribution in [0.15, 0.2) is 35.7 Å². The van der Waals surface area contributed by atoms with Crippen molar-refractivity contribution in [3.8, 4) is 5.88 Å². The van der Waals surface area contributed by atoms with Crippen molar-refractivity contribution < 1.29 is 23.8 Å². The number of ether oxygens (including phenoxy) is 2. The Bertz CT molecular complexity index is 678. The fourth-order valence-electron chi connectivity index (χ4n) is 2.39. The summed E-state index contributed by atoms with van der Waals surface area (Å²) in [7, 11) is 0. The van der Waals surface area contributed by atoms with Gasteiger partial charge in [-0.3, -0.25) is 4.79 Å². The molecule has 1 N–H and O–H groups in total. The van der Waals surface area contributed by atoms with Crippen LogP contribution < -0.4 is 4.74 Å². The highest BCUT2D eigenvalue weighted by Gasteiger charge is 2.28. The summed E-state index contributed by atoms with van der Waals surface area (Å²) in [5, 5.41) is 16.2. The lowest BCUT2D eigenvalue weighted by atomic mass is 10.2. The zero-order valence-electron chi connectivity index (χ0n) is 15.0. The van der Waals surface area contributed by atoms with Gasteiger partial charge in [0.25, 0.3) is 11.8 Å². The van der Waals surface area contributed by atoms with Gasteiger partial charge in [-0.05, 0) is 24.6 Å². The minimum absolute atomic E-state index is 0.0199. The van der Waals surface area contributed by atoms with Gasteiger partial charge in [-0.15, -0.1) is 5.10 Å². The third-order valence-corrected chi connectivity index (χ3v) is 3.95. The summed E-state index contributed by atoms with van der Waals surface area (Å²) in [5.74, 6) is -0.208. The third-order valence-electron chi connectivity index (χ3n) is 3.95. The molecule has 1 fully saturated rings. The zero-order valence-corrected chi connectivity index (χ0v) is 15.0. The van der Waals surface area contributed by atoms with Crippen LogP contribution in [0, 0.1) is 5.82 Å². The summed E-state index contributed by atoms with van der Waals surface area (Å²) in [6, 6.07) is 1.18. The number of amides is 1. The molecule has 1 aliphatic rings. The molecule has 8 heteroatoms. The molecular weight excluding hydrogens is 341 g/mol. The van der Waals surface area contributed by atoms with E-state index >= 15 is 0 Å². The lowest BCUT2D eigenvalue weighted by Crippen LogP contribution is -2.33. The molecular formula is C18H24FN3O4. The van der Waals surface area contributed by atoms with Gasteiger partial charge in [0.1, 0.15) is 6.10 Å². The predicted molar refractivity (Wildman–Crippen MR) is 92.8 cm³/mol. The van der Waals surface area contributed by atoms with Gasteiger partial charge in [0, 0.05) is 19.4 Å². The summed E-state index contributed by atoms with van der Waals surface area (Å²) >= 11 is 0. The summed E-state index contributed by atoms with van der Waals surface area (Å²) < 4.78 is 24.6. The Morgan fingerprint density at radius 2 is 2.31 bits per heavy atom. The van der Waals surface area contributed by atoms with Crippen LogP contribution in [0.25, 0.3) is 0 Å². The first kappa shape index (κ1) is 19.8. The Labute approximate surface area is 152 Å². The largest absolute Gasteiger partial charge is 0.488 e. The maximum atomic E-state index is 13.5. The van der Waals surface area contributed by atoms with Crippen molar-refractivity contribution in [3.05, 3.63) is 41.6 Å². The first-order valence-corrected chi connectivity index (χ1v) is 8.55. The molecule has 142 valence electrons. The second kappa shape index (κ2) is 9.86. The SMILES string of the molecule is CC/C(=C\C=C(/C)CO)OCC(=O)N1CCC(Oc2nnccc2F)C1. The lowest BCUT2D eigenvalue weighted by Gasteiger charge is -2.17. The number of allylic oxidation sites excluding steroid dienone is 3. The van der Waals surface area contributed by atoms with Crippen molar-refractivity contribution in [1.82, 2.24) is 15.1 Å². The van der Waals surface area contributed by atoms with Crippen LogP contribution in [0.1, 0.15) is 26.7 Å². The summed E-state index contributed by atoms with van der Waals surface area (Å²) in [5.41, 5.74) is 0.807. The maximum absolute atomic E-state index is 13.5. The molecule has 0 bridgehead atoms. The lowest BCUT2D eigenvalue weighted by molar-refractivity contribution is -0.134. The molecule has 1 saturated heterocycles. The summed E-state index contributed by atoms with van der Waals surface area (Å²) in [6.45, 7) is 4.51. The van der Waals surface area contributed by atoms with Crippen LogP contribution in [0.4, 0.5) is 4.39 Å². The number of hydrogen-bond acceptors (Lipinski definition) is 6. The zero-order chi connectivity index (χ0) is 18.9. The predicted octanol–water partition coefficient (Wildman–Crippen LogP) is 1.84. The number of carbonyl (C=O) groups excluding carboxylic acids is 1. The second-order valence-corrected chi connectivity index (χ2v) is 6.00. The molecule has 1 atom stereocenters. The monoisotopic (exact) mass is 365 g/mol. The second-order valence-electron chi connectivity index (χ2n) is 6.00. The molecule has 26 heavy (non-hydrogen) atoms. The highest BCUT2D eigenvalue weighted by atomic mass is 19.1. The molecule has 0 aliphatic carbocycles. The number of carbonyl (C=O) groups is 1. The molecule has 1 aromatic heterocycles. The van der Waals surface area contributed by atoms with Gasteiger partial charge in [0.15, 0.2) is 12.4 Å². The number of likely N-dealkylation sites (tertiary alicyclic amines) is 1. The van der Waals surface area contributed by atoms with E-state index in [0.29, 0.717) is 31.7 Å². The molecule has 1 amide bonds. The molecule has 1 aromatic rings. The average molecular weight is 365 g/mol. The van der Waals surface area contributed by atoms with E-state index in [4.69, 9.17) is 14.6 Å². The number of nitrogens with zero attached hydrogens (tertiary/aromatic N) is 3. The van der Waals surface area contributed by atoms with Crippen molar-refractivity contribution in [2.45, 2.75) is 32.8 Å². The highest BCUT2D eigenvalue weighted by Crippen LogP contribution is 2.18. The Morgan fingerprint density at radius 3 is 3.00 bits per heavy atom. The van der Waals surface area contributed by atoms with E-state index in [2.05, 4.69) is 10.2 Å². The topological polar surface area (TPSA) is 84.8 Å². The van der Waals surface area contributed by atoms with Gasteiger partial charge in [0.05, 0.1) is 25.1 Å². The van der Waals surface area contributed by atoms with Crippen molar-refractivity contribution >= 4 is 5.91 Å². The molecule has 2 rings (SSSR count). The fraction of sp³-hybridized carbons (Fsp3) is 0.500. The van der Waals surface area contributed by atoms with Crippen LogP contribution in [0.3, 0.4) is 0 Å². The van der Waals surface area contributed by atoms with E-state index in [1.807, 2.05) is 6.92 Å². The fourth-order valence-corrected chi connectivity index (χ4v) is 2.39. The van der Waals surface area contributed by atoms with E-state index < -0.39 is 5.82 Å². The van der Waals surface area contributed by atoms with Crippen LogP contribution in [-0.4, -0.2) is 58.5 Å². The van der Waals surface area contributed by atoms with Crippen molar-refractivity contribution in [3.63, 3.8) is 0 Å². The van der Waals surface area contributed by atoms with Crippen LogP contribution in [0.2, 0.25) is 0 Å². The van der Waals surface area contributed by atoms with Crippen molar-refractivity contribution in [1.29, 1.82) is 0 Å². The van der Waals surface area contributed by atoms with E-state index in [0.717, 1.165) is 5.57 Å². The van der Waals surface area contributed by atoms with Crippen LogP contribution in [-0.2, 0) is 9.53 Å². The molecule has 7 nitrogen and oxygen atoms in total. The summed E-state index contributed by atoms with van der Waals surface area (Å²) in [6.07, 6.45) is 5.68. The molecule has 1 aliphatic heterocycles. The van der Waals surface area contributed by atoms with Crippen LogP contribution in [0.5, 0.6) is 5.88 Å². The molecule has 2 heterocycles. The quantitative estimate of drug-likeness (QED) is 0.559. The maximum Gasteiger partial charge on any atom is 0.270 e. The molecule has 1 unspecified atom stereocenters. The Kier molecular flexibility index (Phi) is 7.53. The smallest absolute Gasteiger partial charge is 0.270 e. The Hall–Kier alpha value is -2.48. The minimum Gasteiger partial charge on any atom is -0.488 e. The van der Waals surface area contributed by atoms with E-state index in [1.165, 1.54) is 12.3 Å². The first-order valence-electron chi connectivity index (χ1n) is 8.55. The molecule has 0 radical (unpaired) electrons. The van der Waals surface area contributed by atoms with E-state index in [9.17, 15) is 9.18 Å². The van der Waals surface area contributed by atoms with Crippen molar-refractivity contribution in [2.75, 3.05) is 26.3 Å². The number of aliphatic hydroxyl groups is 1. The highest BCUT2D eigenvalue weighted by molar-refractivity contribution is 5.77. The van der Waals surface area contributed by atoms with Gasteiger partial charge in [0.2, 0.25) is 0 Å². The number of halogens is 1. The van der Waals surface area contributed by atoms with Gasteiger partial charge in [-0.2, -0.15) is 5.10 Å². The first-order chi connectivity index (χ1) is 12.5. The minimum atomic E-state index is -0.572. The number of aliphatic hydroxyl groups excluding tert-OH is 1. The summed E-state index contributed by atoms with van der Waals surface area (Å²) in [4.78, 5) is 13.9. The van der Waals surface area contributed by atoms with Gasteiger partial charge < -0.3 is 19.5 Å². The van der Waals surface area contributed by atoms with E-state index in [1.54, 1.807) is 24.0 Å². The molecule has 0 spiro atoms. The standard InChI is InChI=1S/C18H24FN3O4/c1-3-14(5-4-13(2)11-23)25-12-17(24)22-9-7-15(10-22)26-18-16(19)6-8-20-21-18/h4-6,8,15,23H,3,7,9-12H2,1-2H3/b13-4+,14-5+. The number of hydrogen-bond donors (Lipinski definition) is 1. The number of aromatic nitrogens is 2. The Morgan fingerprint density at radius 1 is 1.50 bits per heavy atom. The average Bonchev–Trinajstić information content (AvgIpc) is 3.12. The van der Waals surface area contributed by atoms with Crippen LogP contribution >= 0.6 is 0 Å². The molecule has 0 saturated carbocycles. The van der Waals surface area contributed by atoms with E-state index in [-0.39, 0.29) is 31.1 Å². The number of rotatable bonds is 8.